The molecule has 0 bridgehead atoms. The molecule has 3 rings (SSSR count). The van der Waals surface area contributed by atoms with Crippen molar-refractivity contribution >= 4 is 17.4 Å². The number of hydrogen-bond donors (Lipinski definition) is 2. The van der Waals surface area contributed by atoms with Crippen molar-refractivity contribution < 1.29 is 9.53 Å². The fourth-order valence-electron chi connectivity index (χ4n) is 2.57. The largest absolute Gasteiger partial charge is 0.378 e. The summed E-state index contributed by atoms with van der Waals surface area (Å²) in [6.07, 6.45) is 3.76. The molecule has 0 radical (unpaired) electrons. The first kappa shape index (κ1) is 14.3. The Morgan fingerprint density at radius 3 is 2.71 bits per heavy atom. The summed E-state index contributed by atoms with van der Waals surface area (Å²) in [5.74, 6) is 1.08. The number of anilines is 2. The second kappa shape index (κ2) is 5.61. The van der Waals surface area contributed by atoms with E-state index in [1.807, 2.05) is 12.1 Å². The number of nitrogens with zero attached hydrogens (tertiary/aromatic N) is 2. The van der Waals surface area contributed by atoms with Gasteiger partial charge in [-0.2, -0.15) is 0 Å². The first-order chi connectivity index (χ1) is 10.1. The second-order valence-electron chi connectivity index (χ2n) is 6.02. The topological polar surface area (TPSA) is 80.5 Å². The highest BCUT2D eigenvalue weighted by Crippen LogP contribution is 2.38. The molecule has 2 fully saturated rings. The standard InChI is InChI=1S/C15H22N4O2/c1-15(16,11-2-3-11)14(20)18-12-4-5-13(17-10-12)19-6-8-21-9-7-19/h4-5,10-11H,2-3,6-9,16H2,1H3,(H,18,20). The number of ether oxygens (including phenoxy) is 1. The highest BCUT2D eigenvalue weighted by molar-refractivity contribution is 5.98. The number of carbonyl (C=O) groups excluding carboxylic acids is 1. The molecule has 1 amide bonds. The fraction of sp³-hybridized carbons (Fsp3) is 0.600. The van der Waals surface area contributed by atoms with Crippen molar-refractivity contribution in [2.75, 3.05) is 36.5 Å². The van der Waals surface area contributed by atoms with Crippen molar-refractivity contribution in [3.05, 3.63) is 18.3 Å². The van der Waals surface area contributed by atoms with Gasteiger partial charge in [-0.1, -0.05) is 0 Å². The van der Waals surface area contributed by atoms with E-state index in [4.69, 9.17) is 10.5 Å². The van der Waals surface area contributed by atoms with Crippen LogP contribution in [0.4, 0.5) is 11.5 Å². The molecule has 2 aliphatic rings. The third kappa shape index (κ3) is 3.16. The molecule has 0 spiro atoms. The van der Waals surface area contributed by atoms with Crippen molar-refractivity contribution in [1.82, 2.24) is 4.98 Å². The maximum Gasteiger partial charge on any atom is 0.244 e. The summed E-state index contributed by atoms with van der Waals surface area (Å²) in [7, 11) is 0. The van der Waals surface area contributed by atoms with Crippen molar-refractivity contribution in [3.8, 4) is 0 Å². The predicted molar refractivity (Wildman–Crippen MR) is 81.2 cm³/mol. The maximum absolute atomic E-state index is 12.2. The highest BCUT2D eigenvalue weighted by Gasteiger charge is 2.44. The van der Waals surface area contributed by atoms with Gasteiger partial charge in [0, 0.05) is 13.1 Å². The van der Waals surface area contributed by atoms with Crippen LogP contribution >= 0.6 is 0 Å². The lowest BCUT2D eigenvalue weighted by Crippen LogP contribution is -2.50. The molecule has 1 aliphatic heterocycles. The van der Waals surface area contributed by atoms with Gasteiger partial charge < -0.3 is 20.7 Å². The van der Waals surface area contributed by atoms with E-state index in [0.717, 1.165) is 45.0 Å². The van der Waals surface area contributed by atoms with Gasteiger partial charge >= 0.3 is 0 Å². The van der Waals surface area contributed by atoms with E-state index < -0.39 is 5.54 Å². The fourth-order valence-corrected chi connectivity index (χ4v) is 2.57. The van der Waals surface area contributed by atoms with Crippen LogP contribution in [0.15, 0.2) is 18.3 Å². The molecular formula is C15H22N4O2. The quantitative estimate of drug-likeness (QED) is 0.864. The Kier molecular flexibility index (Phi) is 3.82. The summed E-state index contributed by atoms with van der Waals surface area (Å²) in [5.41, 5.74) is 6.01. The Hall–Kier alpha value is -1.66. The minimum atomic E-state index is -0.789. The zero-order valence-electron chi connectivity index (χ0n) is 12.3. The first-order valence-electron chi connectivity index (χ1n) is 7.46. The number of nitrogens with one attached hydrogen (secondary N) is 1. The van der Waals surface area contributed by atoms with Crippen LogP contribution in [0.1, 0.15) is 19.8 Å². The molecule has 114 valence electrons. The van der Waals surface area contributed by atoms with Crippen LogP contribution < -0.4 is 16.0 Å². The second-order valence-corrected chi connectivity index (χ2v) is 6.02. The Morgan fingerprint density at radius 1 is 1.43 bits per heavy atom. The van der Waals surface area contributed by atoms with Crippen molar-refractivity contribution in [2.45, 2.75) is 25.3 Å². The van der Waals surface area contributed by atoms with Gasteiger partial charge in [0.25, 0.3) is 0 Å². The van der Waals surface area contributed by atoms with E-state index in [2.05, 4.69) is 15.2 Å². The molecule has 6 heteroatoms. The third-order valence-electron chi connectivity index (χ3n) is 4.26. The molecule has 6 nitrogen and oxygen atoms in total. The Morgan fingerprint density at radius 2 is 2.14 bits per heavy atom. The van der Waals surface area contributed by atoms with Gasteiger partial charge in [-0.05, 0) is 37.8 Å². The zero-order chi connectivity index (χ0) is 14.9. The van der Waals surface area contributed by atoms with Gasteiger partial charge in [0.15, 0.2) is 0 Å². The number of morpholine rings is 1. The van der Waals surface area contributed by atoms with Crippen LogP contribution in [-0.4, -0.2) is 42.7 Å². The molecule has 1 unspecified atom stereocenters. The monoisotopic (exact) mass is 290 g/mol. The molecule has 0 aromatic carbocycles. The summed E-state index contributed by atoms with van der Waals surface area (Å²) in [5, 5.41) is 2.86. The smallest absolute Gasteiger partial charge is 0.244 e. The Labute approximate surface area is 124 Å². The number of nitrogens with two attached hydrogens (primary N) is 1. The first-order valence-corrected chi connectivity index (χ1v) is 7.46. The molecule has 3 N–H and O–H groups in total. The number of carbonyl (C=O) groups is 1. The molecule has 1 saturated carbocycles. The molecule has 1 saturated heterocycles. The average molecular weight is 290 g/mol. The number of aromatic nitrogens is 1. The summed E-state index contributed by atoms with van der Waals surface area (Å²) < 4.78 is 5.32. The van der Waals surface area contributed by atoms with E-state index in [0.29, 0.717) is 11.6 Å². The van der Waals surface area contributed by atoms with E-state index in [1.165, 1.54) is 0 Å². The van der Waals surface area contributed by atoms with Gasteiger partial charge in [0.2, 0.25) is 5.91 Å². The van der Waals surface area contributed by atoms with Gasteiger partial charge in [-0.15, -0.1) is 0 Å². The Balaban J connectivity index is 1.62. The highest BCUT2D eigenvalue weighted by atomic mass is 16.5. The summed E-state index contributed by atoms with van der Waals surface area (Å²) in [6, 6.07) is 3.80. The predicted octanol–water partition coefficient (Wildman–Crippen LogP) is 0.984. The molecular weight excluding hydrogens is 268 g/mol. The lowest BCUT2D eigenvalue weighted by Gasteiger charge is -2.28. The van der Waals surface area contributed by atoms with Crippen LogP contribution in [0.2, 0.25) is 0 Å². The number of amides is 1. The van der Waals surface area contributed by atoms with E-state index in [9.17, 15) is 4.79 Å². The average Bonchev–Trinajstić information content (AvgIpc) is 3.34. The van der Waals surface area contributed by atoms with Crippen LogP contribution in [-0.2, 0) is 9.53 Å². The maximum atomic E-state index is 12.2. The molecule has 2 heterocycles. The summed E-state index contributed by atoms with van der Waals surface area (Å²) in [4.78, 5) is 18.8. The van der Waals surface area contributed by atoms with Gasteiger partial charge in [0.05, 0.1) is 30.6 Å². The summed E-state index contributed by atoms with van der Waals surface area (Å²) >= 11 is 0. The van der Waals surface area contributed by atoms with Crippen molar-refractivity contribution in [1.29, 1.82) is 0 Å². The number of rotatable bonds is 4. The molecule has 1 aliphatic carbocycles. The van der Waals surface area contributed by atoms with Crippen LogP contribution in [0.3, 0.4) is 0 Å². The lowest BCUT2D eigenvalue weighted by molar-refractivity contribution is -0.121. The minimum absolute atomic E-state index is 0.133. The molecule has 1 aromatic heterocycles. The Bertz CT molecular complexity index is 505. The number of hydrogen-bond acceptors (Lipinski definition) is 5. The lowest BCUT2D eigenvalue weighted by atomic mass is 9.96. The van der Waals surface area contributed by atoms with Crippen LogP contribution in [0, 0.1) is 5.92 Å². The van der Waals surface area contributed by atoms with E-state index in [1.54, 1.807) is 13.1 Å². The third-order valence-corrected chi connectivity index (χ3v) is 4.26. The zero-order valence-corrected chi connectivity index (χ0v) is 12.3. The normalized spacial score (nSPS) is 21.7. The number of pyridine rings is 1. The molecule has 21 heavy (non-hydrogen) atoms. The van der Waals surface area contributed by atoms with E-state index >= 15 is 0 Å². The van der Waals surface area contributed by atoms with Crippen LogP contribution in [0.25, 0.3) is 0 Å². The molecule has 1 atom stereocenters. The SMILES string of the molecule is CC(N)(C(=O)Nc1ccc(N2CCOCC2)nc1)C1CC1. The minimum Gasteiger partial charge on any atom is -0.378 e. The molecule has 1 aromatic rings. The van der Waals surface area contributed by atoms with Crippen LogP contribution in [0.5, 0.6) is 0 Å². The van der Waals surface area contributed by atoms with E-state index in [-0.39, 0.29) is 5.91 Å². The van der Waals surface area contributed by atoms with Crippen molar-refractivity contribution in [3.63, 3.8) is 0 Å². The van der Waals surface area contributed by atoms with Gasteiger partial charge in [0.1, 0.15) is 5.82 Å². The summed E-state index contributed by atoms with van der Waals surface area (Å²) in [6.45, 7) is 4.96. The van der Waals surface area contributed by atoms with Gasteiger partial charge in [-0.3, -0.25) is 4.79 Å². The van der Waals surface area contributed by atoms with Gasteiger partial charge in [-0.25, -0.2) is 4.98 Å². The van der Waals surface area contributed by atoms with Crippen molar-refractivity contribution in [2.24, 2.45) is 11.7 Å².